The zero-order valence-electron chi connectivity index (χ0n) is 13.2. The number of benzene rings is 2. The number of aromatic nitrogens is 2. The lowest BCUT2D eigenvalue weighted by Crippen LogP contribution is -1.95. The molecular formula is C19H14BrN3OS. The summed E-state index contributed by atoms with van der Waals surface area (Å²) in [4.78, 5) is 8.22. The van der Waals surface area contributed by atoms with Crippen molar-refractivity contribution < 1.29 is 4.74 Å². The average molecular weight is 412 g/mol. The van der Waals surface area contributed by atoms with Crippen LogP contribution in [0.25, 0.3) is 17.1 Å². The van der Waals surface area contributed by atoms with Crippen molar-refractivity contribution in [1.82, 2.24) is 9.97 Å². The largest absolute Gasteiger partial charge is 0.489 e. The van der Waals surface area contributed by atoms with Crippen molar-refractivity contribution in [2.75, 3.05) is 6.61 Å². The van der Waals surface area contributed by atoms with Gasteiger partial charge in [-0.25, -0.2) is 4.98 Å². The Kier molecular flexibility index (Phi) is 5.59. The Morgan fingerprint density at radius 2 is 2.20 bits per heavy atom. The predicted octanol–water partition coefficient (Wildman–Crippen LogP) is 5.55. The summed E-state index contributed by atoms with van der Waals surface area (Å²) in [6, 6.07) is 15.7. The Morgan fingerprint density at radius 3 is 2.96 bits per heavy atom. The third-order valence-electron chi connectivity index (χ3n) is 3.30. The van der Waals surface area contributed by atoms with E-state index in [1.54, 1.807) is 12.2 Å². The standard InChI is InChI=1S/C19H14BrN3OS/c1-2-9-24-18-8-7-14(20)10-13(18)11-15(12-21)25-19-22-16-5-3-4-6-17(16)23-19/h2-8,10-11H,1,9H2,(H,22,23)/b15-11+. The minimum Gasteiger partial charge on any atom is -0.489 e. The van der Waals surface area contributed by atoms with Gasteiger partial charge in [0.1, 0.15) is 18.4 Å². The number of halogens is 1. The first-order valence-corrected chi connectivity index (χ1v) is 9.08. The van der Waals surface area contributed by atoms with Gasteiger partial charge >= 0.3 is 0 Å². The van der Waals surface area contributed by atoms with Crippen molar-refractivity contribution in [3.63, 3.8) is 0 Å². The van der Waals surface area contributed by atoms with E-state index in [2.05, 4.69) is 38.5 Å². The molecule has 1 heterocycles. The first-order valence-electron chi connectivity index (χ1n) is 7.47. The number of nitriles is 1. The number of thioether (sulfide) groups is 1. The van der Waals surface area contributed by atoms with Crippen LogP contribution < -0.4 is 4.74 Å². The van der Waals surface area contributed by atoms with Crippen molar-refractivity contribution in [1.29, 1.82) is 5.26 Å². The topological polar surface area (TPSA) is 61.7 Å². The number of nitrogens with one attached hydrogen (secondary N) is 1. The highest BCUT2D eigenvalue weighted by atomic mass is 79.9. The average Bonchev–Trinajstić information content (AvgIpc) is 3.02. The fraction of sp³-hybridized carbons (Fsp3) is 0.0526. The SMILES string of the molecule is C=CCOc1ccc(Br)cc1/C=C(\C#N)Sc1nc2ccccc2[nH]1. The molecule has 4 nitrogen and oxygen atoms in total. The van der Waals surface area contributed by atoms with Gasteiger partial charge in [-0.15, -0.1) is 0 Å². The maximum Gasteiger partial charge on any atom is 0.171 e. The van der Waals surface area contributed by atoms with Crippen LogP contribution >= 0.6 is 27.7 Å². The fourth-order valence-electron chi connectivity index (χ4n) is 2.22. The van der Waals surface area contributed by atoms with Gasteiger partial charge < -0.3 is 9.72 Å². The van der Waals surface area contributed by atoms with Gasteiger partial charge in [-0.1, -0.05) is 40.7 Å². The van der Waals surface area contributed by atoms with Crippen molar-refractivity contribution >= 4 is 44.8 Å². The molecular weight excluding hydrogens is 398 g/mol. The Balaban J connectivity index is 1.91. The summed E-state index contributed by atoms with van der Waals surface area (Å²) in [6.45, 7) is 4.06. The Morgan fingerprint density at radius 1 is 1.36 bits per heavy atom. The second-order valence-electron chi connectivity index (χ2n) is 5.06. The third kappa shape index (κ3) is 4.32. The summed E-state index contributed by atoms with van der Waals surface area (Å²) in [5.74, 6) is 0.695. The molecule has 0 aliphatic heterocycles. The van der Waals surface area contributed by atoms with Gasteiger partial charge in [0.05, 0.1) is 15.9 Å². The maximum absolute atomic E-state index is 9.51. The summed E-state index contributed by atoms with van der Waals surface area (Å²) >= 11 is 4.74. The maximum atomic E-state index is 9.51. The summed E-state index contributed by atoms with van der Waals surface area (Å²) in [5, 5.41) is 10.2. The van der Waals surface area contributed by atoms with Crippen LogP contribution in [0.5, 0.6) is 5.75 Å². The van der Waals surface area contributed by atoms with E-state index in [1.165, 1.54) is 11.8 Å². The van der Waals surface area contributed by atoms with Gasteiger partial charge in [-0.3, -0.25) is 0 Å². The lowest BCUT2D eigenvalue weighted by molar-refractivity contribution is 0.362. The molecule has 0 bridgehead atoms. The van der Waals surface area contributed by atoms with Gasteiger partial charge in [-0.2, -0.15) is 5.26 Å². The van der Waals surface area contributed by atoms with Crippen LogP contribution in [-0.4, -0.2) is 16.6 Å². The molecule has 0 unspecified atom stereocenters. The number of nitrogens with zero attached hydrogens (tertiary/aromatic N) is 2. The second-order valence-corrected chi connectivity index (χ2v) is 7.01. The van der Waals surface area contributed by atoms with E-state index in [0.717, 1.165) is 21.1 Å². The minimum absolute atomic E-state index is 0.404. The number of ether oxygens (including phenoxy) is 1. The number of aromatic amines is 1. The van der Waals surface area contributed by atoms with Crippen LogP contribution in [0, 0.1) is 11.3 Å². The van der Waals surface area contributed by atoms with Crippen molar-refractivity contribution in [3.8, 4) is 11.8 Å². The van der Waals surface area contributed by atoms with Gasteiger partial charge in [0.25, 0.3) is 0 Å². The number of hydrogen-bond acceptors (Lipinski definition) is 4. The Labute approximate surface area is 158 Å². The number of para-hydroxylation sites is 2. The Bertz CT molecular complexity index is 955. The molecule has 0 saturated carbocycles. The van der Waals surface area contributed by atoms with E-state index >= 15 is 0 Å². The van der Waals surface area contributed by atoms with E-state index in [1.807, 2.05) is 42.5 Å². The van der Waals surface area contributed by atoms with Gasteiger partial charge in [0, 0.05) is 10.0 Å². The van der Waals surface area contributed by atoms with E-state index in [-0.39, 0.29) is 0 Å². The number of fused-ring (bicyclic) bond motifs is 1. The highest BCUT2D eigenvalue weighted by molar-refractivity contribution is 9.10. The quantitative estimate of drug-likeness (QED) is 0.328. The van der Waals surface area contributed by atoms with Gasteiger partial charge in [0.2, 0.25) is 0 Å². The zero-order chi connectivity index (χ0) is 17.6. The molecule has 0 amide bonds. The zero-order valence-corrected chi connectivity index (χ0v) is 15.6. The molecule has 0 aliphatic carbocycles. The number of H-pyrrole nitrogens is 1. The lowest BCUT2D eigenvalue weighted by atomic mass is 10.2. The number of allylic oxidation sites excluding steroid dienone is 1. The predicted molar refractivity (Wildman–Crippen MR) is 105 cm³/mol. The summed E-state index contributed by atoms with van der Waals surface area (Å²) in [5.41, 5.74) is 2.64. The van der Waals surface area contributed by atoms with Gasteiger partial charge in [-0.05, 0) is 48.2 Å². The molecule has 0 saturated heterocycles. The van der Waals surface area contributed by atoms with Crippen molar-refractivity contribution in [2.24, 2.45) is 0 Å². The normalized spacial score (nSPS) is 11.3. The number of rotatable bonds is 6. The summed E-state index contributed by atoms with van der Waals surface area (Å²) < 4.78 is 6.57. The monoisotopic (exact) mass is 411 g/mol. The van der Waals surface area contributed by atoms with Crippen LogP contribution in [0.3, 0.4) is 0 Å². The first-order chi connectivity index (χ1) is 12.2. The van der Waals surface area contributed by atoms with E-state index < -0.39 is 0 Å². The molecule has 1 aromatic heterocycles. The highest BCUT2D eigenvalue weighted by Gasteiger charge is 2.09. The minimum atomic E-state index is 0.404. The molecule has 0 spiro atoms. The molecule has 2 aromatic carbocycles. The second kappa shape index (κ2) is 8.06. The molecule has 0 aliphatic rings. The molecule has 0 fully saturated rings. The van der Waals surface area contributed by atoms with Crippen molar-refractivity contribution in [3.05, 3.63) is 70.1 Å². The molecule has 1 N–H and O–H groups in total. The lowest BCUT2D eigenvalue weighted by Gasteiger charge is -2.08. The summed E-state index contributed by atoms with van der Waals surface area (Å²) in [6.07, 6.45) is 3.48. The van der Waals surface area contributed by atoms with E-state index in [4.69, 9.17) is 4.74 Å². The molecule has 3 rings (SSSR count). The molecule has 0 atom stereocenters. The summed E-state index contributed by atoms with van der Waals surface area (Å²) in [7, 11) is 0. The van der Waals surface area contributed by atoms with Gasteiger partial charge in [0.15, 0.2) is 5.16 Å². The van der Waals surface area contributed by atoms with E-state index in [0.29, 0.717) is 22.4 Å². The number of imidazole rings is 1. The van der Waals surface area contributed by atoms with Crippen LogP contribution in [-0.2, 0) is 0 Å². The Hall–Kier alpha value is -2.49. The van der Waals surface area contributed by atoms with E-state index in [9.17, 15) is 5.26 Å². The fourth-order valence-corrected chi connectivity index (χ4v) is 3.34. The highest BCUT2D eigenvalue weighted by Crippen LogP contribution is 2.31. The first kappa shape index (κ1) is 17.3. The smallest absolute Gasteiger partial charge is 0.171 e. The molecule has 0 radical (unpaired) electrons. The molecule has 6 heteroatoms. The van der Waals surface area contributed by atoms with Crippen LogP contribution in [0.4, 0.5) is 0 Å². The van der Waals surface area contributed by atoms with Crippen LogP contribution in [0.2, 0.25) is 0 Å². The molecule has 3 aromatic rings. The van der Waals surface area contributed by atoms with Crippen LogP contribution in [0.1, 0.15) is 5.56 Å². The van der Waals surface area contributed by atoms with Crippen molar-refractivity contribution in [2.45, 2.75) is 5.16 Å². The molecule has 124 valence electrons. The van der Waals surface area contributed by atoms with Crippen LogP contribution in [0.15, 0.2) is 69.7 Å². The molecule has 25 heavy (non-hydrogen) atoms. The number of hydrogen-bond donors (Lipinski definition) is 1. The third-order valence-corrected chi connectivity index (χ3v) is 4.61.